The SMILES string of the molecule is CCCN(C)c1cc(NC2CC(C3CC3)=NN2)nc(Sc2ccc(NC(=O)CC)cc2)n1. The second-order valence-electron chi connectivity index (χ2n) is 8.25. The van der Waals surface area contributed by atoms with E-state index in [9.17, 15) is 4.79 Å². The number of hydrazone groups is 1. The highest BCUT2D eigenvalue weighted by atomic mass is 32.2. The molecule has 4 rings (SSSR count). The van der Waals surface area contributed by atoms with Crippen LogP contribution in [0.5, 0.6) is 0 Å². The molecule has 2 aromatic rings. The van der Waals surface area contributed by atoms with Gasteiger partial charge in [-0.05, 0) is 61.2 Å². The van der Waals surface area contributed by atoms with Gasteiger partial charge >= 0.3 is 0 Å². The molecule has 1 aliphatic carbocycles. The van der Waals surface area contributed by atoms with Gasteiger partial charge in [-0.3, -0.25) is 10.2 Å². The van der Waals surface area contributed by atoms with Gasteiger partial charge in [0.25, 0.3) is 0 Å². The third-order valence-corrected chi connectivity index (χ3v) is 6.33. The third kappa shape index (κ3) is 5.91. The van der Waals surface area contributed by atoms with E-state index in [1.165, 1.54) is 30.3 Å². The van der Waals surface area contributed by atoms with Crippen molar-refractivity contribution in [3.63, 3.8) is 0 Å². The van der Waals surface area contributed by atoms with Gasteiger partial charge in [-0.15, -0.1) is 0 Å². The molecule has 9 heteroatoms. The van der Waals surface area contributed by atoms with Gasteiger partial charge < -0.3 is 15.5 Å². The Morgan fingerprint density at radius 3 is 2.69 bits per heavy atom. The summed E-state index contributed by atoms with van der Waals surface area (Å²) >= 11 is 1.51. The van der Waals surface area contributed by atoms with E-state index in [1.807, 2.05) is 37.3 Å². The Kier molecular flexibility index (Phi) is 7.14. The average Bonchev–Trinajstić information content (AvgIpc) is 3.54. The maximum atomic E-state index is 11.6. The number of nitrogens with one attached hydrogen (secondary N) is 3. The number of aromatic nitrogens is 2. The van der Waals surface area contributed by atoms with Crippen molar-refractivity contribution in [2.45, 2.75) is 62.2 Å². The summed E-state index contributed by atoms with van der Waals surface area (Å²) in [4.78, 5) is 24.3. The van der Waals surface area contributed by atoms with Crippen LogP contribution in [-0.2, 0) is 4.79 Å². The Morgan fingerprint density at radius 1 is 1.22 bits per heavy atom. The van der Waals surface area contributed by atoms with Gasteiger partial charge in [-0.2, -0.15) is 5.10 Å². The topological polar surface area (TPSA) is 94.5 Å². The van der Waals surface area contributed by atoms with E-state index in [-0.39, 0.29) is 12.1 Å². The fourth-order valence-corrected chi connectivity index (χ4v) is 4.30. The van der Waals surface area contributed by atoms with Crippen molar-refractivity contribution in [2.24, 2.45) is 11.0 Å². The molecule has 1 atom stereocenters. The van der Waals surface area contributed by atoms with Crippen molar-refractivity contribution < 1.29 is 4.79 Å². The molecule has 2 heterocycles. The quantitative estimate of drug-likeness (QED) is 0.461. The van der Waals surface area contributed by atoms with Crippen LogP contribution in [0.3, 0.4) is 0 Å². The van der Waals surface area contributed by atoms with Crippen LogP contribution in [0.1, 0.15) is 46.0 Å². The van der Waals surface area contributed by atoms with Crippen molar-refractivity contribution >= 4 is 40.7 Å². The van der Waals surface area contributed by atoms with Gasteiger partial charge in [0.15, 0.2) is 5.16 Å². The van der Waals surface area contributed by atoms with Crippen molar-refractivity contribution in [2.75, 3.05) is 29.1 Å². The Hall–Kier alpha value is -2.81. The zero-order valence-electron chi connectivity index (χ0n) is 18.9. The van der Waals surface area contributed by atoms with Crippen molar-refractivity contribution in [3.8, 4) is 0 Å². The van der Waals surface area contributed by atoms with Crippen LogP contribution in [0, 0.1) is 5.92 Å². The number of benzene rings is 1. The number of rotatable bonds is 10. The second-order valence-corrected chi connectivity index (χ2v) is 9.29. The van der Waals surface area contributed by atoms with Crippen LogP contribution in [0.15, 0.2) is 45.5 Å². The number of hydrogen-bond acceptors (Lipinski definition) is 8. The number of carbonyl (C=O) groups excluding carboxylic acids is 1. The first-order chi connectivity index (χ1) is 15.5. The lowest BCUT2D eigenvalue weighted by molar-refractivity contribution is -0.115. The summed E-state index contributed by atoms with van der Waals surface area (Å²) in [7, 11) is 2.05. The molecule has 1 unspecified atom stereocenters. The van der Waals surface area contributed by atoms with Crippen LogP contribution in [0.2, 0.25) is 0 Å². The van der Waals surface area contributed by atoms with Crippen LogP contribution in [0.4, 0.5) is 17.3 Å². The first-order valence-corrected chi connectivity index (χ1v) is 12.1. The summed E-state index contributed by atoms with van der Waals surface area (Å²) in [5, 5.41) is 11.5. The highest BCUT2D eigenvalue weighted by molar-refractivity contribution is 7.99. The fraction of sp³-hybridized carbons (Fsp3) is 0.478. The van der Waals surface area contributed by atoms with E-state index in [4.69, 9.17) is 9.97 Å². The summed E-state index contributed by atoms with van der Waals surface area (Å²) in [5.74, 6) is 2.35. The predicted octanol–water partition coefficient (Wildman–Crippen LogP) is 4.32. The Bertz CT molecular complexity index is 975. The summed E-state index contributed by atoms with van der Waals surface area (Å²) in [6.07, 6.45) is 4.98. The van der Waals surface area contributed by atoms with Gasteiger partial charge in [0.1, 0.15) is 17.8 Å². The first kappa shape index (κ1) is 22.4. The lowest BCUT2D eigenvalue weighted by Crippen LogP contribution is -2.30. The molecule has 1 aromatic carbocycles. The number of anilines is 3. The van der Waals surface area contributed by atoms with Crippen LogP contribution in [0.25, 0.3) is 0 Å². The largest absolute Gasteiger partial charge is 0.359 e. The van der Waals surface area contributed by atoms with E-state index in [0.717, 1.165) is 41.6 Å². The molecule has 1 saturated carbocycles. The normalized spacial score (nSPS) is 17.5. The minimum Gasteiger partial charge on any atom is -0.359 e. The minimum atomic E-state index is 0.00506. The third-order valence-electron chi connectivity index (χ3n) is 5.46. The summed E-state index contributed by atoms with van der Waals surface area (Å²) in [6.45, 7) is 4.92. The fourth-order valence-electron chi connectivity index (χ4n) is 3.54. The van der Waals surface area contributed by atoms with Crippen molar-refractivity contribution in [3.05, 3.63) is 30.3 Å². The van der Waals surface area contributed by atoms with Gasteiger partial charge in [-0.25, -0.2) is 9.97 Å². The molecular formula is C23H31N7OS. The van der Waals surface area contributed by atoms with Crippen molar-refractivity contribution in [1.29, 1.82) is 0 Å². The van der Waals surface area contributed by atoms with Crippen LogP contribution in [-0.4, -0.2) is 41.3 Å². The smallest absolute Gasteiger partial charge is 0.224 e. The number of hydrogen-bond donors (Lipinski definition) is 3. The zero-order valence-corrected chi connectivity index (χ0v) is 19.7. The molecule has 170 valence electrons. The molecular weight excluding hydrogens is 422 g/mol. The molecule has 1 aliphatic heterocycles. The highest BCUT2D eigenvalue weighted by Crippen LogP contribution is 2.34. The Morgan fingerprint density at radius 2 is 2.00 bits per heavy atom. The summed E-state index contributed by atoms with van der Waals surface area (Å²) in [6, 6.07) is 9.76. The molecule has 0 bridgehead atoms. The summed E-state index contributed by atoms with van der Waals surface area (Å²) in [5.41, 5.74) is 5.27. The molecule has 1 fully saturated rings. The lowest BCUT2D eigenvalue weighted by Gasteiger charge is -2.20. The maximum absolute atomic E-state index is 11.6. The molecule has 3 N–H and O–H groups in total. The molecule has 0 radical (unpaired) electrons. The molecule has 1 aromatic heterocycles. The number of amides is 1. The van der Waals surface area contributed by atoms with Crippen molar-refractivity contribution in [1.82, 2.24) is 15.4 Å². The first-order valence-electron chi connectivity index (χ1n) is 11.3. The maximum Gasteiger partial charge on any atom is 0.224 e. The number of carbonyl (C=O) groups is 1. The van der Waals surface area contributed by atoms with E-state index in [0.29, 0.717) is 17.5 Å². The Labute approximate surface area is 193 Å². The van der Waals surface area contributed by atoms with Gasteiger partial charge in [0, 0.05) is 48.8 Å². The second kappa shape index (κ2) is 10.2. The molecule has 32 heavy (non-hydrogen) atoms. The number of nitrogens with zero attached hydrogens (tertiary/aromatic N) is 4. The van der Waals surface area contributed by atoms with E-state index in [2.05, 4.69) is 40.0 Å². The zero-order chi connectivity index (χ0) is 22.5. The monoisotopic (exact) mass is 453 g/mol. The van der Waals surface area contributed by atoms with Gasteiger partial charge in [0.2, 0.25) is 5.91 Å². The molecule has 0 saturated heterocycles. The lowest BCUT2D eigenvalue weighted by atomic mass is 10.1. The van der Waals surface area contributed by atoms with Gasteiger partial charge in [0.05, 0.1) is 0 Å². The average molecular weight is 454 g/mol. The van der Waals surface area contributed by atoms with Crippen LogP contribution >= 0.6 is 11.8 Å². The van der Waals surface area contributed by atoms with Crippen LogP contribution < -0.4 is 21.0 Å². The van der Waals surface area contributed by atoms with E-state index < -0.39 is 0 Å². The molecule has 8 nitrogen and oxygen atoms in total. The minimum absolute atomic E-state index is 0.00506. The highest BCUT2D eigenvalue weighted by Gasteiger charge is 2.32. The standard InChI is InChI=1S/C23H31N7OS/c1-4-12-30(3)21-14-19(25-20-13-18(28-29-20)15-6-7-15)26-23(27-21)32-17-10-8-16(9-11-17)24-22(31)5-2/h8-11,14-15,20,29H,4-7,12-13H2,1-3H3,(H,24,31)(H,25,26,27). The molecule has 0 spiro atoms. The summed E-state index contributed by atoms with van der Waals surface area (Å²) < 4.78 is 0. The molecule has 2 aliphatic rings. The predicted molar refractivity (Wildman–Crippen MR) is 130 cm³/mol. The molecule has 1 amide bonds. The van der Waals surface area contributed by atoms with E-state index >= 15 is 0 Å². The van der Waals surface area contributed by atoms with E-state index in [1.54, 1.807) is 0 Å². The Balaban J connectivity index is 1.48. The van der Waals surface area contributed by atoms with Gasteiger partial charge in [-0.1, -0.05) is 13.8 Å².